The molecule has 0 unspecified atom stereocenters. The van der Waals surface area contributed by atoms with E-state index in [0.29, 0.717) is 30.1 Å². The van der Waals surface area contributed by atoms with Crippen molar-refractivity contribution in [1.82, 2.24) is 18.7 Å². The Kier molecular flexibility index (Phi) is 3.59. The Bertz CT molecular complexity index is 919. The van der Waals surface area contributed by atoms with E-state index in [1.54, 1.807) is 12.1 Å². The van der Waals surface area contributed by atoms with Crippen LogP contribution in [0, 0.1) is 0 Å². The first-order valence-corrected chi connectivity index (χ1v) is 7.50. The third kappa shape index (κ3) is 2.11. The van der Waals surface area contributed by atoms with E-state index in [4.69, 9.17) is 5.11 Å². The molecule has 0 spiro atoms. The van der Waals surface area contributed by atoms with E-state index in [2.05, 4.69) is 10.1 Å². The Balaban J connectivity index is 2.36. The molecular formula is C14H20N6O3. The van der Waals surface area contributed by atoms with Crippen LogP contribution in [0.5, 0.6) is 0 Å². The van der Waals surface area contributed by atoms with Crippen LogP contribution in [0.2, 0.25) is 0 Å². The van der Waals surface area contributed by atoms with E-state index in [1.807, 2.05) is 18.4 Å². The fourth-order valence-electron chi connectivity index (χ4n) is 2.83. The van der Waals surface area contributed by atoms with Gasteiger partial charge in [-0.3, -0.25) is 18.5 Å². The summed E-state index contributed by atoms with van der Waals surface area (Å²) in [5.74, 6) is 0.518. The van der Waals surface area contributed by atoms with E-state index in [-0.39, 0.29) is 18.2 Å². The maximum absolute atomic E-state index is 12.6. The highest BCUT2D eigenvalue weighted by atomic mass is 16.3. The summed E-state index contributed by atoms with van der Waals surface area (Å²) in [7, 11) is 3.06. The lowest BCUT2D eigenvalue weighted by atomic mass is 10.2. The maximum Gasteiger partial charge on any atom is 0.332 e. The van der Waals surface area contributed by atoms with Gasteiger partial charge in [-0.25, -0.2) is 9.80 Å². The van der Waals surface area contributed by atoms with Crippen molar-refractivity contribution in [3.05, 3.63) is 20.8 Å². The van der Waals surface area contributed by atoms with Crippen molar-refractivity contribution in [3.8, 4) is 0 Å². The molecule has 23 heavy (non-hydrogen) atoms. The van der Waals surface area contributed by atoms with Crippen LogP contribution in [0.4, 0.5) is 5.95 Å². The van der Waals surface area contributed by atoms with Gasteiger partial charge in [0.05, 0.1) is 11.8 Å². The maximum atomic E-state index is 12.6. The number of aliphatic hydroxyl groups excluding tert-OH is 1. The van der Waals surface area contributed by atoms with E-state index in [1.165, 1.54) is 11.6 Å². The zero-order valence-electron chi connectivity index (χ0n) is 13.6. The van der Waals surface area contributed by atoms with Gasteiger partial charge in [0.2, 0.25) is 5.95 Å². The number of hydrogen-bond donors (Lipinski definition) is 1. The molecule has 0 amide bonds. The Labute approximate surface area is 132 Å². The number of nitrogens with zero attached hydrogens (tertiary/aromatic N) is 6. The van der Waals surface area contributed by atoms with Crippen LogP contribution in [0.3, 0.4) is 0 Å². The fraction of sp³-hybridized carbons (Fsp3) is 0.571. The zero-order chi connectivity index (χ0) is 16.9. The molecule has 3 rings (SSSR count). The second-order valence-corrected chi connectivity index (χ2v) is 5.78. The summed E-state index contributed by atoms with van der Waals surface area (Å²) < 4.78 is 4.27. The van der Waals surface area contributed by atoms with E-state index >= 15 is 0 Å². The normalized spacial score (nSPS) is 17.5. The minimum absolute atomic E-state index is 0.0428. The summed E-state index contributed by atoms with van der Waals surface area (Å²) in [6.07, 6.45) is 0.533. The highest BCUT2D eigenvalue weighted by molar-refractivity contribution is 5.90. The third-order valence-corrected chi connectivity index (χ3v) is 4.30. The lowest BCUT2D eigenvalue weighted by Gasteiger charge is -2.29. The number of imidazole rings is 1. The molecule has 9 heteroatoms. The van der Waals surface area contributed by atoms with Gasteiger partial charge in [-0.2, -0.15) is 10.1 Å². The van der Waals surface area contributed by atoms with Gasteiger partial charge in [-0.15, -0.1) is 0 Å². The predicted octanol–water partition coefficient (Wildman–Crippen LogP) is -0.427. The molecule has 0 saturated carbocycles. The topological polar surface area (TPSA) is 97.7 Å². The average Bonchev–Trinajstić information content (AvgIpc) is 2.94. The number of aromatic nitrogens is 4. The van der Waals surface area contributed by atoms with Crippen molar-refractivity contribution in [2.24, 2.45) is 19.2 Å². The van der Waals surface area contributed by atoms with Crippen LogP contribution in [0.1, 0.15) is 26.3 Å². The monoisotopic (exact) mass is 320 g/mol. The second-order valence-electron chi connectivity index (χ2n) is 5.78. The number of aliphatic hydroxyl groups is 1. The lowest BCUT2D eigenvalue weighted by molar-refractivity contribution is 0.289. The molecule has 2 aromatic heterocycles. The smallest absolute Gasteiger partial charge is 0.332 e. The van der Waals surface area contributed by atoms with Gasteiger partial charge in [0, 0.05) is 27.2 Å². The van der Waals surface area contributed by atoms with Crippen LogP contribution in [0.25, 0.3) is 11.2 Å². The second kappa shape index (κ2) is 5.34. The molecule has 0 aromatic carbocycles. The first kappa shape index (κ1) is 15.5. The van der Waals surface area contributed by atoms with Crippen LogP contribution in [-0.4, -0.2) is 42.7 Å². The quantitative estimate of drug-likeness (QED) is 0.828. The van der Waals surface area contributed by atoms with Gasteiger partial charge >= 0.3 is 5.69 Å². The minimum Gasteiger partial charge on any atom is -0.396 e. The number of anilines is 1. The van der Waals surface area contributed by atoms with Crippen LogP contribution in [-0.2, 0) is 14.1 Å². The van der Waals surface area contributed by atoms with Gasteiger partial charge in [-0.1, -0.05) is 0 Å². The number of hydrazone groups is 1. The molecule has 3 heterocycles. The number of hydrogen-bond acceptors (Lipinski definition) is 6. The van der Waals surface area contributed by atoms with Gasteiger partial charge in [-0.05, 0) is 20.3 Å². The Morgan fingerprint density at radius 1 is 1.22 bits per heavy atom. The average molecular weight is 320 g/mol. The summed E-state index contributed by atoms with van der Waals surface area (Å²) in [6, 6.07) is -0.134. The van der Waals surface area contributed by atoms with Gasteiger partial charge < -0.3 is 5.11 Å². The van der Waals surface area contributed by atoms with E-state index in [0.717, 1.165) is 10.3 Å². The zero-order valence-corrected chi connectivity index (χ0v) is 13.6. The lowest BCUT2D eigenvalue weighted by Crippen LogP contribution is -2.38. The molecule has 1 aliphatic heterocycles. The highest BCUT2D eigenvalue weighted by Gasteiger charge is 2.29. The van der Waals surface area contributed by atoms with E-state index in [9.17, 15) is 9.59 Å². The molecule has 0 aliphatic carbocycles. The summed E-state index contributed by atoms with van der Waals surface area (Å²) in [6.45, 7) is 4.36. The summed E-state index contributed by atoms with van der Waals surface area (Å²) >= 11 is 0. The van der Waals surface area contributed by atoms with Gasteiger partial charge in [0.1, 0.15) is 0 Å². The molecule has 0 bridgehead atoms. The van der Waals surface area contributed by atoms with Crippen molar-refractivity contribution in [2.75, 3.05) is 18.2 Å². The molecule has 2 aromatic rings. The third-order valence-electron chi connectivity index (χ3n) is 4.30. The first-order chi connectivity index (χ1) is 10.9. The SMILES string of the molecule is CC1=NN(CCCO)c2nc3c(c(=O)n(C)c(=O)n3C)n2[C@H]1C. The Morgan fingerprint density at radius 3 is 2.57 bits per heavy atom. The molecule has 1 N–H and O–H groups in total. The van der Waals surface area contributed by atoms with Crippen molar-refractivity contribution in [3.63, 3.8) is 0 Å². The molecule has 1 atom stereocenters. The van der Waals surface area contributed by atoms with Crippen molar-refractivity contribution < 1.29 is 5.11 Å². The minimum atomic E-state index is -0.412. The predicted molar refractivity (Wildman–Crippen MR) is 87.1 cm³/mol. The Hall–Kier alpha value is -2.42. The molecule has 9 nitrogen and oxygen atoms in total. The van der Waals surface area contributed by atoms with Crippen molar-refractivity contribution in [1.29, 1.82) is 0 Å². The summed E-state index contributed by atoms with van der Waals surface area (Å²) in [4.78, 5) is 29.2. The fourth-order valence-corrected chi connectivity index (χ4v) is 2.83. The van der Waals surface area contributed by atoms with Crippen LogP contribution < -0.4 is 16.3 Å². The molecule has 124 valence electrons. The standard InChI is InChI=1S/C14H20N6O3/c1-8-9(2)20-10-11(17(3)14(23)18(4)12(10)22)15-13(20)19(16-8)6-5-7-21/h9,21H,5-7H2,1-4H3/t9-/m0/s1. The number of fused-ring (bicyclic) bond motifs is 3. The van der Waals surface area contributed by atoms with Crippen molar-refractivity contribution >= 4 is 22.8 Å². The molecular weight excluding hydrogens is 300 g/mol. The number of rotatable bonds is 3. The van der Waals surface area contributed by atoms with Crippen molar-refractivity contribution in [2.45, 2.75) is 26.3 Å². The van der Waals surface area contributed by atoms with Crippen LogP contribution >= 0.6 is 0 Å². The summed E-state index contributed by atoms with van der Waals surface area (Å²) in [5.41, 5.74) is 0.792. The van der Waals surface area contributed by atoms with Crippen LogP contribution in [0.15, 0.2) is 14.7 Å². The van der Waals surface area contributed by atoms with Gasteiger partial charge in [0.25, 0.3) is 5.56 Å². The first-order valence-electron chi connectivity index (χ1n) is 7.50. The van der Waals surface area contributed by atoms with Gasteiger partial charge in [0.15, 0.2) is 11.2 Å². The molecule has 1 aliphatic rings. The van der Waals surface area contributed by atoms with E-state index < -0.39 is 5.69 Å². The molecule has 0 fully saturated rings. The number of aryl methyl sites for hydroxylation is 1. The molecule has 0 saturated heterocycles. The highest BCUT2D eigenvalue weighted by Crippen LogP contribution is 2.29. The summed E-state index contributed by atoms with van der Waals surface area (Å²) in [5, 5.41) is 15.2. The molecule has 0 radical (unpaired) electrons. The largest absolute Gasteiger partial charge is 0.396 e. The Morgan fingerprint density at radius 2 is 1.91 bits per heavy atom.